The van der Waals surface area contributed by atoms with E-state index in [1.54, 1.807) is 17.0 Å². The highest BCUT2D eigenvalue weighted by Gasteiger charge is 2.13. The quantitative estimate of drug-likeness (QED) is 0.407. The van der Waals surface area contributed by atoms with Crippen molar-refractivity contribution in [3.63, 3.8) is 0 Å². The van der Waals surface area contributed by atoms with Gasteiger partial charge in [0, 0.05) is 22.2 Å². The normalized spacial score (nSPS) is 11.0. The van der Waals surface area contributed by atoms with E-state index >= 15 is 0 Å². The first-order valence-corrected chi connectivity index (χ1v) is 9.62. The summed E-state index contributed by atoms with van der Waals surface area (Å²) in [5, 5.41) is 15.2. The van der Waals surface area contributed by atoms with Crippen molar-refractivity contribution in [2.45, 2.75) is 6.54 Å². The lowest BCUT2D eigenvalue weighted by molar-refractivity contribution is -0.107. The molecule has 1 amide bonds. The van der Waals surface area contributed by atoms with Crippen molar-refractivity contribution in [1.82, 2.24) is 25.4 Å². The summed E-state index contributed by atoms with van der Waals surface area (Å²) in [6.45, 7) is 0.337. The van der Waals surface area contributed by atoms with Gasteiger partial charge in [-0.05, 0) is 48.0 Å². The van der Waals surface area contributed by atoms with Crippen LogP contribution in [0.25, 0.3) is 33.5 Å². The van der Waals surface area contributed by atoms with Crippen molar-refractivity contribution in [3.05, 3.63) is 84.4 Å². The molecule has 5 rings (SSSR count). The van der Waals surface area contributed by atoms with Gasteiger partial charge in [0.05, 0.1) is 17.8 Å². The molecule has 0 saturated heterocycles. The SMILES string of the molecule is O=CN(Cc1ccc(F)cc1)c1cccc(-c2n[nH]c3ccc(-c4ncn[nH]4)cc23)c1. The van der Waals surface area contributed by atoms with Crippen LogP contribution in [0.1, 0.15) is 5.56 Å². The van der Waals surface area contributed by atoms with Gasteiger partial charge in [0.15, 0.2) is 5.82 Å². The van der Waals surface area contributed by atoms with Gasteiger partial charge in [-0.2, -0.15) is 10.2 Å². The molecule has 3 aromatic carbocycles. The standard InChI is InChI=1S/C23H17FN6O/c24-18-7-4-15(5-8-18)12-30(14-31)19-3-1-2-16(10-19)22-20-11-17(23-25-13-26-29-23)6-9-21(20)27-28-22/h1-11,13-14H,12H2,(H,27,28)(H,25,26,29). The zero-order valence-electron chi connectivity index (χ0n) is 16.3. The molecule has 0 unspecified atom stereocenters. The lowest BCUT2D eigenvalue weighted by atomic mass is 10.0. The minimum atomic E-state index is -0.307. The first-order chi connectivity index (χ1) is 15.2. The van der Waals surface area contributed by atoms with E-state index in [0.29, 0.717) is 12.4 Å². The molecule has 0 saturated carbocycles. The summed E-state index contributed by atoms with van der Waals surface area (Å²) in [7, 11) is 0. The molecule has 8 heteroatoms. The number of fused-ring (bicyclic) bond motifs is 1. The molecular formula is C23H17FN6O. The van der Waals surface area contributed by atoms with Crippen LogP contribution in [0.4, 0.5) is 10.1 Å². The summed E-state index contributed by atoms with van der Waals surface area (Å²) >= 11 is 0. The van der Waals surface area contributed by atoms with Gasteiger partial charge in [0.25, 0.3) is 0 Å². The highest BCUT2D eigenvalue weighted by atomic mass is 19.1. The molecule has 2 aromatic heterocycles. The van der Waals surface area contributed by atoms with Crippen molar-refractivity contribution in [2.24, 2.45) is 0 Å². The van der Waals surface area contributed by atoms with Crippen LogP contribution in [0.5, 0.6) is 0 Å². The number of hydrogen-bond donors (Lipinski definition) is 2. The Morgan fingerprint density at radius 1 is 0.968 bits per heavy atom. The van der Waals surface area contributed by atoms with Crippen molar-refractivity contribution < 1.29 is 9.18 Å². The lowest BCUT2D eigenvalue weighted by Crippen LogP contribution is -2.20. The number of aromatic nitrogens is 5. The van der Waals surface area contributed by atoms with Crippen LogP contribution in [0.3, 0.4) is 0 Å². The van der Waals surface area contributed by atoms with Gasteiger partial charge in [-0.1, -0.05) is 24.3 Å². The molecule has 0 aliphatic carbocycles. The summed E-state index contributed by atoms with van der Waals surface area (Å²) in [4.78, 5) is 17.6. The van der Waals surface area contributed by atoms with Crippen molar-refractivity contribution in [1.29, 1.82) is 0 Å². The Kier molecular flexibility index (Phi) is 4.72. The molecule has 0 fully saturated rings. The lowest BCUT2D eigenvalue weighted by Gasteiger charge is -2.18. The second-order valence-corrected chi connectivity index (χ2v) is 7.08. The number of benzene rings is 3. The Hall–Kier alpha value is -4.33. The first kappa shape index (κ1) is 18.7. The van der Waals surface area contributed by atoms with Gasteiger partial charge in [-0.15, -0.1) is 0 Å². The maximum Gasteiger partial charge on any atom is 0.214 e. The van der Waals surface area contributed by atoms with Crippen LogP contribution in [0.15, 0.2) is 73.1 Å². The number of amides is 1. The molecule has 5 aromatic rings. The summed E-state index contributed by atoms with van der Waals surface area (Å²) in [5.74, 6) is 0.368. The predicted molar refractivity (Wildman–Crippen MR) is 116 cm³/mol. The van der Waals surface area contributed by atoms with E-state index in [1.165, 1.54) is 18.5 Å². The van der Waals surface area contributed by atoms with Crippen molar-refractivity contribution in [2.75, 3.05) is 4.90 Å². The molecule has 0 bridgehead atoms. The number of hydrogen-bond acceptors (Lipinski definition) is 4. The fourth-order valence-electron chi connectivity index (χ4n) is 3.53. The number of rotatable bonds is 6. The van der Waals surface area contributed by atoms with E-state index in [4.69, 9.17) is 0 Å². The highest BCUT2D eigenvalue weighted by Crippen LogP contribution is 2.31. The molecule has 152 valence electrons. The van der Waals surface area contributed by atoms with Crippen LogP contribution in [0, 0.1) is 5.82 Å². The third-order valence-corrected chi connectivity index (χ3v) is 5.10. The number of halogens is 1. The fraction of sp³-hybridized carbons (Fsp3) is 0.0435. The van der Waals surface area contributed by atoms with E-state index in [-0.39, 0.29) is 5.82 Å². The molecule has 2 N–H and O–H groups in total. The summed E-state index contributed by atoms with van der Waals surface area (Å²) in [5.41, 5.74) is 4.98. The molecule has 0 atom stereocenters. The van der Waals surface area contributed by atoms with Crippen LogP contribution < -0.4 is 4.90 Å². The van der Waals surface area contributed by atoms with Gasteiger partial charge in [-0.25, -0.2) is 9.37 Å². The third kappa shape index (κ3) is 3.66. The number of carbonyl (C=O) groups is 1. The largest absolute Gasteiger partial charge is 0.311 e. The second kappa shape index (κ2) is 7.83. The minimum absolute atomic E-state index is 0.307. The van der Waals surface area contributed by atoms with Crippen LogP contribution >= 0.6 is 0 Å². The monoisotopic (exact) mass is 412 g/mol. The molecule has 0 aliphatic rings. The zero-order chi connectivity index (χ0) is 21.2. The van der Waals surface area contributed by atoms with Gasteiger partial charge in [0.2, 0.25) is 6.41 Å². The maximum atomic E-state index is 13.2. The van der Waals surface area contributed by atoms with E-state index in [1.807, 2.05) is 42.5 Å². The molecular weight excluding hydrogens is 395 g/mol. The van der Waals surface area contributed by atoms with Crippen LogP contribution in [0.2, 0.25) is 0 Å². The summed E-state index contributed by atoms with van der Waals surface area (Å²) < 4.78 is 13.2. The van der Waals surface area contributed by atoms with E-state index in [0.717, 1.165) is 45.4 Å². The number of nitrogens with zero attached hydrogens (tertiary/aromatic N) is 4. The van der Waals surface area contributed by atoms with E-state index in [2.05, 4.69) is 25.4 Å². The van der Waals surface area contributed by atoms with Gasteiger partial charge in [-0.3, -0.25) is 15.0 Å². The highest BCUT2D eigenvalue weighted by molar-refractivity contribution is 5.96. The van der Waals surface area contributed by atoms with Gasteiger partial charge < -0.3 is 4.90 Å². The maximum absolute atomic E-state index is 13.2. The molecule has 0 aliphatic heterocycles. The number of H-pyrrole nitrogens is 2. The second-order valence-electron chi connectivity index (χ2n) is 7.08. The number of carbonyl (C=O) groups excluding carboxylic acids is 1. The van der Waals surface area contributed by atoms with Crippen molar-refractivity contribution >= 4 is 23.0 Å². The topological polar surface area (TPSA) is 90.6 Å². The fourth-order valence-corrected chi connectivity index (χ4v) is 3.53. The minimum Gasteiger partial charge on any atom is -0.311 e. The molecule has 31 heavy (non-hydrogen) atoms. The predicted octanol–water partition coefficient (Wildman–Crippen LogP) is 4.32. The Labute approximate surface area is 176 Å². The van der Waals surface area contributed by atoms with E-state index < -0.39 is 0 Å². The van der Waals surface area contributed by atoms with Crippen LogP contribution in [-0.2, 0) is 11.3 Å². The average Bonchev–Trinajstić information content (AvgIpc) is 3.48. The van der Waals surface area contributed by atoms with E-state index in [9.17, 15) is 9.18 Å². The van der Waals surface area contributed by atoms with Crippen molar-refractivity contribution in [3.8, 4) is 22.6 Å². The Bertz CT molecular complexity index is 1340. The number of aromatic amines is 2. The molecule has 2 heterocycles. The molecule has 0 radical (unpaired) electrons. The molecule has 7 nitrogen and oxygen atoms in total. The first-order valence-electron chi connectivity index (χ1n) is 9.62. The Morgan fingerprint density at radius 3 is 2.61 bits per heavy atom. The molecule has 0 spiro atoms. The Morgan fingerprint density at radius 2 is 1.84 bits per heavy atom. The number of nitrogens with one attached hydrogen (secondary N) is 2. The van der Waals surface area contributed by atoms with Gasteiger partial charge in [0.1, 0.15) is 12.1 Å². The third-order valence-electron chi connectivity index (χ3n) is 5.10. The zero-order valence-corrected chi connectivity index (χ0v) is 16.3. The number of anilines is 1. The average molecular weight is 412 g/mol. The smallest absolute Gasteiger partial charge is 0.214 e. The Balaban J connectivity index is 1.50. The van der Waals surface area contributed by atoms with Gasteiger partial charge >= 0.3 is 0 Å². The summed E-state index contributed by atoms with van der Waals surface area (Å²) in [6, 6.07) is 19.6. The summed E-state index contributed by atoms with van der Waals surface area (Å²) in [6.07, 6.45) is 2.24. The van der Waals surface area contributed by atoms with Crippen LogP contribution in [-0.4, -0.2) is 31.8 Å².